The van der Waals surface area contributed by atoms with Crippen molar-refractivity contribution in [2.75, 3.05) is 5.32 Å². The third-order valence-electron chi connectivity index (χ3n) is 2.40. The zero-order valence-electron chi connectivity index (χ0n) is 9.15. The molecule has 0 atom stereocenters. The molecule has 0 aliphatic heterocycles. The summed E-state index contributed by atoms with van der Waals surface area (Å²) in [7, 11) is 0. The highest BCUT2D eigenvalue weighted by Gasteiger charge is 2.00. The smallest absolute Gasteiger partial charge is 0.203 e. The summed E-state index contributed by atoms with van der Waals surface area (Å²) in [6.45, 7) is 3.50. The molecule has 0 saturated carbocycles. The van der Waals surface area contributed by atoms with Crippen LogP contribution in [0.5, 0.6) is 0 Å². The van der Waals surface area contributed by atoms with Crippen LogP contribution in [0.3, 0.4) is 0 Å². The van der Waals surface area contributed by atoms with Crippen LogP contribution in [0, 0.1) is 5.82 Å². The number of aromatic nitrogens is 2. The van der Waals surface area contributed by atoms with E-state index in [1.165, 1.54) is 12.1 Å². The quantitative estimate of drug-likeness (QED) is 0.856. The van der Waals surface area contributed by atoms with Crippen LogP contribution in [-0.2, 0) is 13.1 Å². The first kappa shape index (κ1) is 10.7. The normalized spacial score (nSPS) is 10.4. The molecule has 2 rings (SSSR count). The van der Waals surface area contributed by atoms with Crippen molar-refractivity contribution >= 4 is 5.95 Å². The van der Waals surface area contributed by atoms with E-state index in [1.807, 2.05) is 16.8 Å². The van der Waals surface area contributed by atoms with Crippen LogP contribution < -0.4 is 5.32 Å². The Morgan fingerprint density at radius 2 is 2.31 bits per heavy atom. The van der Waals surface area contributed by atoms with Gasteiger partial charge in [-0.1, -0.05) is 12.1 Å². The molecule has 4 heteroatoms. The molecule has 0 aliphatic rings. The number of halogens is 1. The second kappa shape index (κ2) is 4.79. The van der Waals surface area contributed by atoms with Crippen molar-refractivity contribution in [3.8, 4) is 0 Å². The average Bonchev–Trinajstić information content (AvgIpc) is 2.74. The van der Waals surface area contributed by atoms with Crippen molar-refractivity contribution in [2.45, 2.75) is 20.0 Å². The van der Waals surface area contributed by atoms with Crippen LogP contribution in [0.4, 0.5) is 10.3 Å². The van der Waals surface area contributed by atoms with E-state index in [9.17, 15) is 4.39 Å². The summed E-state index contributed by atoms with van der Waals surface area (Å²) < 4.78 is 14.9. The number of hydrogen-bond acceptors (Lipinski definition) is 2. The molecule has 0 saturated heterocycles. The van der Waals surface area contributed by atoms with Crippen LogP contribution in [0.15, 0.2) is 36.7 Å². The minimum atomic E-state index is -0.210. The largest absolute Gasteiger partial charge is 0.352 e. The summed E-state index contributed by atoms with van der Waals surface area (Å²) >= 11 is 0. The van der Waals surface area contributed by atoms with Crippen molar-refractivity contribution in [3.63, 3.8) is 0 Å². The van der Waals surface area contributed by atoms with E-state index in [0.717, 1.165) is 18.1 Å². The first-order valence-corrected chi connectivity index (χ1v) is 5.29. The fourth-order valence-corrected chi connectivity index (χ4v) is 1.56. The van der Waals surface area contributed by atoms with Gasteiger partial charge in [-0.3, -0.25) is 0 Å². The lowest BCUT2D eigenvalue weighted by Crippen LogP contribution is -2.06. The molecule has 1 N–H and O–H groups in total. The average molecular weight is 219 g/mol. The fraction of sp³-hybridized carbons (Fsp3) is 0.250. The van der Waals surface area contributed by atoms with E-state index >= 15 is 0 Å². The topological polar surface area (TPSA) is 29.9 Å². The Labute approximate surface area is 93.9 Å². The minimum absolute atomic E-state index is 0.210. The maximum Gasteiger partial charge on any atom is 0.203 e. The van der Waals surface area contributed by atoms with Crippen LogP contribution in [-0.4, -0.2) is 9.55 Å². The Kier molecular flexibility index (Phi) is 3.19. The van der Waals surface area contributed by atoms with Crippen LogP contribution >= 0.6 is 0 Å². The monoisotopic (exact) mass is 219 g/mol. The zero-order valence-corrected chi connectivity index (χ0v) is 9.15. The van der Waals surface area contributed by atoms with Gasteiger partial charge in [-0.15, -0.1) is 0 Å². The highest BCUT2D eigenvalue weighted by atomic mass is 19.1. The molecule has 0 bridgehead atoms. The molecule has 1 aromatic carbocycles. The number of hydrogen-bond donors (Lipinski definition) is 1. The van der Waals surface area contributed by atoms with Crippen molar-refractivity contribution in [2.24, 2.45) is 0 Å². The predicted octanol–water partition coefficient (Wildman–Crippen LogP) is 2.65. The number of imidazole rings is 1. The Balaban J connectivity index is 2.02. The second-order valence-electron chi connectivity index (χ2n) is 3.52. The van der Waals surface area contributed by atoms with Gasteiger partial charge in [0, 0.05) is 25.5 Å². The van der Waals surface area contributed by atoms with Gasteiger partial charge >= 0.3 is 0 Å². The maximum atomic E-state index is 12.9. The molecule has 0 radical (unpaired) electrons. The molecule has 16 heavy (non-hydrogen) atoms. The van der Waals surface area contributed by atoms with E-state index < -0.39 is 0 Å². The molecule has 0 spiro atoms. The van der Waals surface area contributed by atoms with Crippen LogP contribution in [0.1, 0.15) is 12.5 Å². The van der Waals surface area contributed by atoms with Crippen molar-refractivity contribution in [1.29, 1.82) is 0 Å². The van der Waals surface area contributed by atoms with Gasteiger partial charge in [-0.25, -0.2) is 9.37 Å². The summed E-state index contributed by atoms with van der Waals surface area (Å²) in [5, 5.41) is 3.17. The van der Waals surface area contributed by atoms with E-state index in [1.54, 1.807) is 12.3 Å². The van der Waals surface area contributed by atoms with Crippen molar-refractivity contribution < 1.29 is 4.39 Å². The number of nitrogens with one attached hydrogen (secondary N) is 1. The van der Waals surface area contributed by atoms with Crippen LogP contribution in [0.25, 0.3) is 0 Å². The summed E-state index contributed by atoms with van der Waals surface area (Å²) in [6.07, 6.45) is 3.66. The number of anilines is 1. The number of benzene rings is 1. The summed E-state index contributed by atoms with van der Waals surface area (Å²) in [5.74, 6) is 0.602. The summed E-state index contributed by atoms with van der Waals surface area (Å²) in [5.41, 5.74) is 0.908. The predicted molar refractivity (Wildman–Crippen MR) is 61.6 cm³/mol. The molecular weight excluding hydrogens is 205 g/mol. The molecule has 1 aromatic heterocycles. The molecule has 84 valence electrons. The van der Waals surface area contributed by atoms with E-state index in [-0.39, 0.29) is 5.82 Å². The van der Waals surface area contributed by atoms with E-state index in [4.69, 9.17) is 0 Å². The second-order valence-corrected chi connectivity index (χ2v) is 3.52. The van der Waals surface area contributed by atoms with E-state index in [2.05, 4.69) is 17.2 Å². The van der Waals surface area contributed by atoms with Gasteiger partial charge in [0.15, 0.2) is 0 Å². The summed E-state index contributed by atoms with van der Waals surface area (Å²) in [4.78, 5) is 4.18. The first-order valence-electron chi connectivity index (χ1n) is 5.29. The van der Waals surface area contributed by atoms with Crippen molar-refractivity contribution in [3.05, 3.63) is 48.0 Å². The Morgan fingerprint density at radius 1 is 1.44 bits per heavy atom. The van der Waals surface area contributed by atoms with Gasteiger partial charge in [0.05, 0.1) is 0 Å². The third-order valence-corrected chi connectivity index (χ3v) is 2.40. The highest BCUT2D eigenvalue weighted by Crippen LogP contribution is 2.08. The third kappa shape index (κ3) is 2.39. The Hall–Kier alpha value is -1.84. The molecule has 1 heterocycles. The standard InChI is InChI=1S/C12H14FN3/c1-2-16-7-6-14-12(16)15-9-10-4-3-5-11(13)8-10/h3-8H,2,9H2,1H3,(H,14,15). The summed E-state index contributed by atoms with van der Waals surface area (Å²) in [6, 6.07) is 6.55. The van der Waals surface area contributed by atoms with Gasteiger partial charge in [0.25, 0.3) is 0 Å². The first-order chi connectivity index (χ1) is 7.79. The Bertz CT molecular complexity index is 465. The molecule has 0 fully saturated rings. The number of nitrogens with zero attached hydrogens (tertiary/aromatic N) is 2. The lowest BCUT2D eigenvalue weighted by atomic mass is 10.2. The zero-order chi connectivity index (χ0) is 11.4. The molecule has 2 aromatic rings. The highest BCUT2D eigenvalue weighted by molar-refractivity contribution is 5.29. The van der Waals surface area contributed by atoms with Gasteiger partial charge < -0.3 is 9.88 Å². The maximum absolute atomic E-state index is 12.9. The molecule has 0 aliphatic carbocycles. The number of aryl methyl sites for hydroxylation is 1. The number of rotatable bonds is 4. The van der Waals surface area contributed by atoms with Gasteiger partial charge in [0.1, 0.15) is 5.82 Å². The van der Waals surface area contributed by atoms with Gasteiger partial charge in [-0.05, 0) is 24.6 Å². The van der Waals surface area contributed by atoms with Crippen LogP contribution in [0.2, 0.25) is 0 Å². The van der Waals surface area contributed by atoms with Gasteiger partial charge in [0.2, 0.25) is 5.95 Å². The Morgan fingerprint density at radius 3 is 3.06 bits per heavy atom. The SMILES string of the molecule is CCn1ccnc1NCc1cccc(F)c1. The fourth-order valence-electron chi connectivity index (χ4n) is 1.56. The van der Waals surface area contributed by atoms with Gasteiger partial charge in [-0.2, -0.15) is 0 Å². The lowest BCUT2D eigenvalue weighted by Gasteiger charge is -2.07. The molecule has 0 amide bonds. The lowest BCUT2D eigenvalue weighted by molar-refractivity contribution is 0.625. The molecular formula is C12H14FN3. The minimum Gasteiger partial charge on any atom is -0.352 e. The van der Waals surface area contributed by atoms with E-state index in [0.29, 0.717) is 6.54 Å². The molecule has 3 nitrogen and oxygen atoms in total. The molecule has 0 unspecified atom stereocenters. The van der Waals surface area contributed by atoms with Crippen molar-refractivity contribution in [1.82, 2.24) is 9.55 Å².